The van der Waals surface area contributed by atoms with E-state index in [1.54, 1.807) is 18.2 Å². The molecule has 0 saturated heterocycles. The standard InChI is InChI=1S/C12H13ClN4OS2/c1-6(19-12-15-7(2)17-20-12)11(18)16-8-3-4-9(13)10(14)5-8/h3-6H,14H2,1-2H3,(H,16,18). The molecule has 0 saturated carbocycles. The van der Waals surface area contributed by atoms with Crippen LogP contribution in [0.25, 0.3) is 0 Å². The third-order valence-corrected chi connectivity index (χ3v) is 4.74. The lowest BCUT2D eigenvalue weighted by molar-refractivity contribution is -0.115. The van der Waals surface area contributed by atoms with Crippen LogP contribution in [-0.2, 0) is 4.79 Å². The van der Waals surface area contributed by atoms with Crippen LogP contribution in [-0.4, -0.2) is 20.5 Å². The van der Waals surface area contributed by atoms with E-state index in [9.17, 15) is 4.79 Å². The minimum Gasteiger partial charge on any atom is -0.397 e. The molecule has 0 spiro atoms. The molecule has 0 aliphatic heterocycles. The Morgan fingerprint density at radius 2 is 2.30 bits per heavy atom. The monoisotopic (exact) mass is 328 g/mol. The molecule has 20 heavy (non-hydrogen) atoms. The van der Waals surface area contributed by atoms with Gasteiger partial charge in [0.15, 0.2) is 4.34 Å². The summed E-state index contributed by atoms with van der Waals surface area (Å²) in [6.45, 7) is 3.64. The van der Waals surface area contributed by atoms with Crippen LogP contribution in [0, 0.1) is 6.92 Å². The first-order chi connectivity index (χ1) is 9.45. The molecule has 1 heterocycles. The van der Waals surface area contributed by atoms with Crippen molar-refractivity contribution in [2.45, 2.75) is 23.4 Å². The number of nitrogens with two attached hydrogens (primary N) is 1. The molecule has 1 aromatic heterocycles. The molecule has 2 rings (SSSR count). The summed E-state index contributed by atoms with van der Waals surface area (Å²) in [5.41, 5.74) is 6.75. The number of thioether (sulfide) groups is 1. The molecule has 1 amide bonds. The Labute approximate surface area is 130 Å². The molecule has 3 N–H and O–H groups in total. The number of amides is 1. The predicted molar refractivity (Wildman–Crippen MR) is 84.5 cm³/mol. The topological polar surface area (TPSA) is 80.9 Å². The number of nitrogens with one attached hydrogen (secondary N) is 1. The second kappa shape index (κ2) is 6.43. The summed E-state index contributed by atoms with van der Waals surface area (Å²) in [5.74, 6) is 0.597. The van der Waals surface area contributed by atoms with Crippen molar-refractivity contribution in [2.75, 3.05) is 11.1 Å². The maximum Gasteiger partial charge on any atom is 0.237 e. The van der Waals surface area contributed by atoms with E-state index < -0.39 is 0 Å². The van der Waals surface area contributed by atoms with Crippen molar-refractivity contribution in [2.24, 2.45) is 0 Å². The van der Waals surface area contributed by atoms with Crippen LogP contribution in [0.4, 0.5) is 11.4 Å². The normalized spacial score (nSPS) is 12.2. The number of carbonyl (C=O) groups excluding carboxylic acids is 1. The Kier molecular flexibility index (Phi) is 4.85. The van der Waals surface area contributed by atoms with Gasteiger partial charge in [-0.15, -0.1) is 0 Å². The summed E-state index contributed by atoms with van der Waals surface area (Å²) >= 11 is 8.50. The molecule has 1 atom stereocenters. The van der Waals surface area contributed by atoms with Gasteiger partial charge in [0.1, 0.15) is 5.82 Å². The molecule has 0 radical (unpaired) electrons. The van der Waals surface area contributed by atoms with E-state index in [4.69, 9.17) is 17.3 Å². The smallest absolute Gasteiger partial charge is 0.237 e. The number of nitrogen functional groups attached to an aromatic ring is 1. The van der Waals surface area contributed by atoms with Gasteiger partial charge in [0.25, 0.3) is 0 Å². The van der Waals surface area contributed by atoms with Crippen molar-refractivity contribution in [1.82, 2.24) is 9.36 Å². The third-order valence-electron chi connectivity index (χ3n) is 2.42. The van der Waals surface area contributed by atoms with Crippen LogP contribution < -0.4 is 11.1 Å². The minimum absolute atomic E-state index is 0.121. The second-order valence-corrected chi connectivity index (χ2v) is 6.84. The Morgan fingerprint density at radius 1 is 1.55 bits per heavy atom. The van der Waals surface area contributed by atoms with Crippen molar-refractivity contribution in [1.29, 1.82) is 0 Å². The van der Waals surface area contributed by atoms with Crippen molar-refractivity contribution < 1.29 is 4.79 Å². The SMILES string of the molecule is Cc1nsc(SC(C)C(=O)Nc2ccc(Cl)c(N)c2)n1. The van der Waals surface area contributed by atoms with E-state index in [0.717, 1.165) is 10.2 Å². The van der Waals surface area contributed by atoms with Gasteiger partial charge in [-0.1, -0.05) is 23.4 Å². The minimum atomic E-state index is -0.278. The lowest BCUT2D eigenvalue weighted by Crippen LogP contribution is -2.22. The Balaban J connectivity index is 1.98. The number of halogens is 1. The summed E-state index contributed by atoms with van der Waals surface area (Å²) in [7, 11) is 0. The number of benzene rings is 1. The fourth-order valence-electron chi connectivity index (χ4n) is 1.40. The number of aryl methyl sites for hydroxylation is 1. The highest BCUT2D eigenvalue weighted by Gasteiger charge is 2.17. The van der Waals surface area contributed by atoms with Gasteiger partial charge in [-0.25, -0.2) is 4.98 Å². The van der Waals surface area contributed by atoms with E-state index in [-0.39, 0.29) is 11.2 Å². The zero-order chi connectivity index (χ0) is 14.7. The largest absolute Gasteiger partial charge is 0.397 e. The van der Waals surface area contributed by atoms with E-state index in [1.807, 2.05) is 13.8 Å². The highest BCUT2D eigenvalue weighted by molar-refractivity contribution is 8.02. The van der Waals surface area contributed by atoms with Gasteiger partial charge in [0, 0.05) is 5.69 Å². The number of nitrogens with zero attached hydrogens (tertiary/aromatic N) is 2. The van der Waals surface area contributed by atoms with Crippen LogP contribution in [0.5, 0.6) is 0 Å². The maximum atomic E-state index is 12.1. The van der Waals surface area contributed by atoms with Crippen LogP contribution in [0.1, 0.15) is 12.7 Å². The maximum absolute atomic E-state index is 12.1. The van der Waals surface area contributed by atoms with Crippen LogP contribution >= 0.6 is 34.9 Å². The predicted octanol–water partition coefficient (Wildman–Crippen LogP) is 3.20. The molecule has 1 aromatic carbocycles. The number of hydrogen-bond acceptors (Lipinski definition) is 6. The summed E-state index contributed by atoms with van der Waals surface area (Å²) < 4.78 is 4.86. The van der Waals surface area contributed by atoms with Crippen molar-refractivity contribution in [3.05, 3.63) is 29.0 Å². The lowest BCUT2D eigenvalue weighted by atomic mass is 10.2. The molecule has 5 nitrogen and oxygen atoms in total. The van der Waals surface area contributed by atoms with Crippen LogP contribution in [0.2, 0.25) is 5.02 Å². The summed E-state index contributed by atoms with van der Waals surface area (Å²) in [6, 6.07) is 4.99. The lowest BCUT2D eigenvalue weighted by Gasteiger charge is -2.11. The number of carbonyl (C=O) groups is 1. The molecule has 8 heteroatoms. The van der Waals surface area contributed by atoms with Crippen molar-refractivity contribution >= 4 is 52.2 Å². The fourth-order valence-corrected chi connectivity index (χ4v) is 3.31. The molecule has 106 valence electrons. The highest BCUT2D eigenvalue weighted by atomic mass is 35.5. The van der Waals surface area contributed by atoms with Gasteiger partial charge >= 0.3 is 0 Å². The summed E-state index contributed by atoms with van der Waals surface area (Å²) in [5, 5.41) is 2.98. The molecular weight excluding hydrogens is 316 g/mol. The van der Waals surface area contributed by atoms with Gasteiger partial charge in [0.2, 0.25) is 5.91 Å². The Morgan fingerprint density at radius 3 is 2.90 bits per heavy atom. The van der Waals surface area contributed by atoms with Crippen LogP contribution in [0.15, 0.2) is 22.5 Å². The Hall–Kier alpha value is -1.31. The van der Waals surface area contributed by atoms with Gasteiger partial charge < -0.3 is 11.1 Å². The van der Waals surface area contributed by atoms with E-state index in [2.05, 4.69) is 14.7 Å². The average molecular weight is 329 g/mol. The van der Waals surface area contributed by atoms with E-state index >= 15 is 0 Å². The number of hydrogen-bond donors (Lipinski definition) is 2. The Bertz CT molecular complexity index is 632. The highest BCUT2D eigenvalue weighted by Crippen LogP contribution is 2.27. The molecule has 0 aliphatic carbocycles. The van der Waals surface area contributed by atoms with E-state index in [0.29, 0.717) is 16.4 Å². The van der Waals surface area contributed by atoms with Gasteiger partial charge in [-0.05, 0) is 43.6 Å². The molecular formula is C12H13ClN4OS2. The first-order valence-corrected chi connectivity index (χ1v) is 7.81. The van der Waals surface area contributed by atoms with Crippen molar-refractivity contribution in [3.8, 4) is 0 Å². The summed E-state index contributed by atoms with van der Waals surface area (Å²) in [6.07, 6.45) is 0. The molecule has 0 bridgehead atoms. The van der Waals surface area contributed by atoms with Gasteiger partial charge in [-0.3, -0.25) is 4.79 Å². The fraction of sp³-hybridized carbons (Fsp3) is 0.250. The molecule has 0 fully saturated rings. The van der Waals surface area contributed by atoms with Crippen molar-refractivity contribution in [3.63, 3.8) is 0 Å². The molecule has 1 unspecified atom stereocenters. The number of aromatic nitrogens is 2. The molecule has 2 aromatic rings. The van der Waals surface area contributed by atoms with Gasteiger partial charge in [0.05, 0.1) is 16.0 Å². The third kappa shape index (κ3) is 3.84. The van der Waals surface area contributed by atoms with E-state index in [1.165, 1.54) is 23.3 Å². The number of rotatable bonds is 4. The zero-order valence-corrected chi connectivity index (χ0v) is 13.3. The first-order valence-electron chi connectivity index (χ1n) is 5.78. The quantitative estimate of drug-likeness (QED) is 0.665. The first kappa shape index (κ1) is 15.1. The summed E-state index contributed by atoms with van der Waals surface area (Å²) in [4.78, 5) is 16.3. The second-order valence-electron chi connectivity index (χ2n) is 4.09. The molecule has 0 aliphatic rings. The number of anilines is 2. The zero-order valence-electron chi connectivity index (χ0n) is 10.9. The van der Waals surface area contributed by atoms with Crippen LogP contribution in [0.3, 0.4) is 0 Å². The van der Waals surface area contributed by atoms with Gasteiger partial charge in [-0.2, -0.15) is 4.37 Å². The average Bonchev–Trinajstić information content (AvgIpc) is 2.79.